The molecule has 0 bridgehead atoms. The van der Waals surface area contributed by atoms with Gasteiger partial charge in [-0.15, -0.1) is 0 Å². The fraction of sp³-hybridized carbons (Fsp3) is 0.125. The molecular formula is C24H22N6OS2. The number of H-pyrrole nitrogens is 1. The summed E-state index contributed by atoms with van der Waals surface area (Å²) in [4.78, 5) is 19.1. The van der Waals surface area contributed by atoms with Gasteiger partial charge in [0.15, 0.2) is 0 Å². The number of anilines is 2. The maximum atomic E-state index is 12.7. The van der Waals surface area contributed by atoms with Crippen LogP contribution < -0.4 is 10.6 Å². The molecule has 1 aliphatic rings. The standard InChI is InChI=1S/C24H22N6OS2/c31-24(26-18-15-30(16-18)33-19-8-2-1-3-9-19)17-7-6-10-20(13-17)32-23-14-22(28-29-23)27-21-11-4-5-12-25-21/h1-14,18H,15-16H2,(H,26,31)(H2,25,27,28,29). The summed E-state index contributed by atoms with van der Waals surface area (Å²) in [6, 6.07) is 25.6. The second-order valence-corrected chi connectivity index (χ2v) is 9.78. The molecule has 4 aromatic rings. The highest BCUT2D eigenvalue weighted by Gasteiger charge is 2.29. The molecule has 1 saturated heterocycles. The molecule has 3 heterocycles. The van der Waals surface area contributed by atoms with E-state index in [4.69, 9.17) is 0 Å². The van der Waals surface area contributed by atoms with Gasteiger partial charge in [0, 0.05) is 40.7 Å². The zero-order chi connectivity index (χ0) is 22.5. The molecule has 1 aliphatic heterocycles. The van der Waals surface area contributed by atoms with E-state index < -0.39 is 0 Å². The first kappa shape index (κ1) is 21.6. The molecule has 0 saturated carbocycles. The quantitative estimate of drug-likeness (QED) is 0.316. The predicted octanol–water partition coefficient (Wildman–Crippen LogP) is 4.82. The second kappa shape index (κ2) is 10.1. The minimum atomic E-state index is -0.0497. The van der Waals surface area contributed by atoms with Crippen molar-refractivity contribution in [1.82, 2.24) is 24.8 Å². The van der Waals surface area contributed by atoms with Crippen molar-refractivity contribution in [3.63, 3.8) is 0 Å². The van der Waals surface area contributed by atoms with Crippen LogP contribution in [0.3, 0.4) is 0 Å². The van der Waals surface area contributed by atoms with Crippen molar-refractivity contribution < 1.29 is 4.79 Å². The van der Waals surface area contributed by atoms with Crippen molar-refractivity contribution in [3.05, 3.63) is 90.6 Å². The van der Waals surface area contributed by atoms with Crippen LogP contribution in [0, 0.1) is 0 Å². The van der Waals surface area contributed by atoms with Gasteiger partial charge in [-0.25, -0.2) is 9.29 Å². The first-order valence-electron chi connectivity index (χ1n) is 10.5. The summed E-state index contributed by atoms with van der Waals surface area (Å²) in [6.45, 7) is 1.66. The number of nitrogens with zero attached hydrogens (tertiary/aromatic N) is 3. The average Bonchev–Trinajstić information content (AvgIpc) is 3.25. The van der Waals surface area contributed by atoms with Gasteiger partial charge in [-0.05, 0) is 54.4 Å². The first-order valence-corrected chi connectivity index (χ1v) is 12.1. The first-order chi connectivity index (χ1) is 16.2. The number of nitrogens with one attached hydrogen (secondary N) is 3. The topological polar surface area (TPSA) is 85.9 Å². The van der Waals surface area contributed by atoms with Crippen molar-refractivity contribution in [3.8, 4) is 0 Å². The molecule has 0 atom stereocenters. The number of hydrogen-bond acceptors (Lipinski definition) is 7. The zero-order valence-corrected chi connectivity index (χ0v) is 19.3. The lowest BCUT2D eigenvalue weighted by atomic mass is 10.1. The molecule has 0 unspecified atom stereocenters. The van der Waals surface area contributed by atoms with Gasteiger partial charge in [0.05, 0.1) is 6.04 Å². The van der Waals surface area contributed by atoms with Gasteiger partial charge < -0.3 is 10.6 Å². The van der Waals surface area contributed by atoms with Crippen LogP contribution in [0.2, 0.25) is 0 Å². The van der Waals surface area contributed by atoms with Crippen molar-refractivity contribution in [2.75, 3.05) is 18.4 Å². The fourth-order valence-corrected chi connectivity index (χ4v) is 5.25. The van der Waals surface area contributed by atoms with E-state index in [9.17, 15) is 4.79 Å². The second-order valence-electron chi connectivity index (χ2n) is 7.51. The van der Waals surface area contributed by atoms with Crippen LogP contribution in [-0.4, -0.2) is 44.5 Å². The van der Waals surface area contributed by atoms with Crippen LogP contribution in [0.25, 0.3) is 0 Å². The summed E-state index contributed by atoms with van der Waals surface area (Å²) in [5.41, 5.74) is 0.650. The molecule has 0 radical (unpaired) electrons. The number of pyridine rings is 1. The summed E-state index contributed by atoms with van der Waals surface area (Å²) in [5, 5.41) is 14.4. The zero-order valence-electron chi connectivity index (χ0n) is 17.6. The lowest BCUT2D eigenvalue weighted by Gasteiger charge is -2.38. The van der Waals surface area contributed by atoms with Gasteiger partial charge in [0.1, 0.15) is 16.7 Å². The Morgan fingerprint density at radius 3 is 2.61 bits per heavy atom. The van der Waals surface area contributed by atoms with E-state index in [1.807, 2.05) is 66.7 Å². The van der Waals surface area contributed by atoms with Gasteiger partial charge >= 0.3 is 0 Å². The van der Waals surface area contributed by atoms with E-state index in [0.29, 0.717) is 5.56 Å². The third kappa shape index (κ3) is 5.75. The SMILES string of the molecule is O=C(NC1CN(Sc2ccccc2)C1)c1cccc(Sc2cc(Nc3ccccn3)[nH]n2)c1. The van der Waals surface area contributed by atoms with Gasteiger partial charge in [0.25, 0.3) is 5.91 Å². The largest absolute Gasteiger partial charge is 0.347 e. The number of amides is 1. The Kier molecular flexibility index (Phi) is 6.61. The lowest BCUT2D eigenvalue weighted by Crippen LogP contribution is -2.56. The van der Waals surface area contributed by atoms with E-state index in [1.165, 1.54) is 16.7 Å². The van der Waals surface area contributed by atoms with Crippen molar-refractivity contribution in [2.45, 2.75) is 20.9 Å². The molecule has 1 amide bonds. The van der Waals surface area contributed by atoms with E-state index in [-0.39, 0.29) is 11.9 Å². The number of carbonyl (C=O) groups excluding carboxylic acids is 1. The monoisotopic (exact) mass is 474 g/mol. The van der Waals surface area contributed by atoms with E-state index in [1.54, 1.807) is 18.1 Å². The van der Waals surface area contributed by atoms with Crippen LogP contribution >= 0.6 is 23.7 Å². The highest BCUT2D eigenvalue weighted by molar-refractivity contribution is 7.99. The Hall–Kier alpha value is -3.27. The van der Waals surface area contributed by atoms with Crippen LogP contribution in [0.15, 0.2) is 99.9 Å². The van der Waals surface area contributed by atoms with Crippen molar-refractivity contribution >= 4 is 41.3 Å². The van der Waals surface area contributed by atoms with Crippen LogP contribution in [0.1, 0.15) is 10.4 Å². The summed E-state index contributed by atoms with van der Waals surface area (Å²) in [5.74, 6) is 1.45. The molecule has 7 nitrogen and oxygen atoms in total. The Morgan fingerprint density at radius 1 is 0.970 bits per heavy atom. The average molecular weight is 475 g/mol. The van der Waals surface area contributed by atoms with Crippen LogP contribution in [-0.2, 0) is 0 Å². The number of aromatic nitrogens is 3. The molecule has 0 aliphatic carbocycles. The molecule has 33 heavy (non-hydrogen) atoms. The summed E-state index contributed by atoms with van der Waals surface area (Å²) >= 11 is 3.22. The van der Waals surface area contributed by atoms with E-state index in [0.717, 1.165) is 34.6 Å². The number of hydrogen-bond donors (Lipinski definition) is 3. The fourth-order valence-electron chi connectivity index (χ4n) is 3.32. The summed E-state index contributed by atoms with van der Waals surface area (Å²) in [7, 11) is 0. The van der Waals surface area contributed by atoms with E-state index >= 15 is 0 Å². The molecule has 166 valence electrons. The van der Waals surface area contributed by atoms with Gasteiger partial charge in [-0.1, -0.05) is 42.1 Å². The molecule has 2 aromatic carbocycles. The lowest BCUT2D eigenvalue weighted by molar-refractivity contribution is 0.0901. The third-order valence-electron chi connectivity index (χ3n) is 4.96. The molecule has 1 fully saturated rings. The predicted molar refractivity (Wildman–Crippen MR) is 132 cm³/mol. The minimum Gasteiger partial charge on any atom is -0.347 e. The van der Waals surface area contributed by atoms with Gasteiger partial charge in [-0.3, -0.25) is 9.89 Å². The Balaban J connectivity index is 1.13. The van der Waals surface area contributed by atoms with Crippen molar-refractivity contribution in [1.29, 1.82) is 0 Å². The molecule has 9 heteroatoms. The smallest absolute Gasteiger partial charge is 0.251 e. The maximum Gasteiger partial charge on any atom is 0.251 e. The van der Waals surface area contributed by atoms with Crippen LogP contribution in [0.5, 0.6) is 0 Å². The Morgan fingerprint density at radius 2 is 1.79 bits per heavy atom. The van der Waals surface area contributed by atoms with Crippen LogP contribution in [0.4, 0.5) is 11.6 Å². The van der Waals surface area contributed by atoms with Gasteiger partial charge in [0.2, 0.25) is 0 Å². The van der Waals surface area contributed by atoms with Crippen molar-refractivity contribution in [2.24, 2.45) is 0 Å². The number of rotatable bonds is 8. The van der Waals surface area contributed by atoms with E-state index in [2.05, 4.69) is 42.3 Å². The van der Waals surface area contributed by atoms with Gasteiger partial charge in [-0.2, -0.15) is 5.10 Å². The Labute approximate surface area is 200 Å². The molecule has 5 rings (SSSR count). The highest BCUT2D eigenvalue weighted by atomic mass is 32.2. The highest BCUT2D eigenvalue weighted by Crippen LogP contribution is 2.29. The maximum absolute atomic E-state index is 12.7. The summed E-state index contributed by atoms with van der Waals surface area (Å²) in [6.07, 6.45) is 1.73. The molecule has 0 spiro atoms. The molecule has 2 aromatic heterocycles. The number of aromatic amines is 1. The molecular weight excluding hydrogens is 452 g/mol. The normalized spacial score (nSPS) is 13.9. The minimum absolute atomic E-state index is 0.0497. The number of carbonyl (C=O) groups is 1. The summed E-state index contributed by atoms with van der Waals surface area (Å²) < 4.78 is 2.25. The Bertz CT molecular complexity index is 1210. The molecule has 3 N–H and O–H groups in total. The number of benzene rings is 2. The third-order valence-corrected chi connectivity index (χ3v) is 6.91.